The number of hydrogen-bond donors (Lipinski definition) is 3. The molecule has 0 fully saturated rings. The number of halogens is 1. The van der Waals surface area contributed by atoms with Gasteiger partial charge in [0.25, 0.3) is 5.91 Å². The number of nitrogens with zero attached hydrogens (tertiary/aromatic N) is 1. The number of amides is 2. The molecule has 4 rings (SSSR count). The van der Waals surface area contributed by atoms with Crippen molar-refractivity contribution in [2.75, 3.05) is 19.5 Å². The van der Waals surface area contributed by atoms with E-state index < -0.39 is 16.6 Å². The molecular weight excluding hydrogens is 488 g/mol. The molecule has 1 aromatic heterocycles. The minimum atomic E-state index is -0.780. The van der Waals surface area contributed by atoms with Crippen LogP contribution in [0.15, 0.2) is 60.7 Å². The smallest absolute Gasteiger partial charge is 0.257 e. The molecule has 1 unspecified atom stereocenters. The minimum absolute atomic E-state index is 0.328. The highest BCUT2D eigenvalue weighted by atomic mass is 79.9. The maximum atomic E-state index is 13.0. The van der Waals surface area contributed by atoms with Gasteiger partial charge in [-0.05, 0) is 47.0 Å². The number of methoxy groups -OCH3 is 2. The third kappa shape index (κ3) is 4.54. The molecule has 3 aromatic carbocycles. The van der Waals surface area contributed by atoms with E-state index in [1.807, 2.05) is 30.3 Å². The number of primary amides is 1. The first-order valence-electron chi connectivity index (χ1n) is 9.96. The number of rotatable bonds is 7. The van der Waals surface area contributed by atoms with Crippen molar-refractivity contribution in [2.24, 2.45) is 5.73 Å². The van der Waals surface area contributed by atoms with Crippen molar-refractivity contribution < 1.29 is 19.1 Å². The number of ether oxygens (including phenoxy) is 2. The van der Waals surface area contributed by atoms with Crippen molar-refractivity contribution in [1.29, 1.82) is 0 Å². The van der Waals surface area contributed by atoms with E-state index in [1.165, 1.54) is 0 Å². The van der Waals surface area contributed by atoms with E-state index in [0.29, 0.717) is 28.4 Å². The number of nitrogens with one attached hydrogen (secondary N) is 2. The fourth-order valence-corrected chi connectivity index (χ4v) is 3.92. The van der Waals surface area contributed by atoms with Gasteiger partial charge in [-0.2, -0.15) is 5.10 Å². The monoisotopic (exact) mass is 508 g/mol. The van der Waals surface area contributed by atoms with Crippen molar-refractivity contribution in [2.45, 2.75) is 4.83 Å². The summed E-state index contributed by atoms with van der Waals surface area (Å²) in [5.41, 5.74) is 8.79. The summed E-state index contributed by atoms with van der Waals surface area (Å²) < 4.78 is 10.7. The van der Waals surface area contributed by atoms with Gasteiger partial charge < -0.3 is 20.5 Å². The van der Waals surface area contributed by atoms with Gasteiger partial charge in [0.05, 0.1) is 19.7 Å². The van der Waals surface area contributed by atoms with Crippen LogP contribution in [0.1, 0.15) is 20.7 Å². The zero-order valence-electron chi connectivity index (χ0n) is 17.9. The van der Waals surface area contributed by atoms with Crippen LogP contribution in [0.5, 0.6) is 11.5 Å². The lowest BCUT2D eigenvalue weighted by Gasteiger charge is -2.12. The van der Waals surface area contributed by atoms with Gasteiger partial charge in [0.1, 0.15) is 16.3 Å². The summed E-state index contributed by atoms with van der Waals surface area (Å²) in [6, 6.07) is 18.1. The number of H-pyrrole nitrogens is 1. The van der Waals surface area contributed by atoms with Crippen LogP contribution in [-0.2, 0) is 4.79 Å². The van der Waals surface area contributed by atoms with Crippen LogP contribution in [0.25, 0.3) is 22.0 Å². The standard InChI is InChI=1S/C24H21BrN4O4/c1-32-15-9-14(10-16(12-15)33-2)13-7-8-19-20(11-13)28-29-23(19)27-24(31)18-6-4-3-5-17(18)21(25)22(26)30/h3-12,21H,1-2H3,(H2,26,30)(H2,27,28,29,31). The number of alkyl halides is 1. The fourth-order valence-electron chi connectivity index (χ4n) is 3.52. The molecule has 4 N–H and O–H groups in total. The van der Waals surface area contributed by atoms with E-state index in [0.717, 1.165) is 22.0 Å². The first-order chi connectivity index (χ1) is 15.9. The molecule has 33 heavy (non-hydrogen) atoms. The van der Waals surface area contributed by atoms with Crippen molar-refractivity contribution in [3.63, 3.8) is 0 Å². The van der Waals surface area contributed by atoms with E-state index in [4.69, 9.17) is 15.2 Å². The summed E-state index contributed by atoms with van der Waals surface area (Å²) in [5.74, 6) is 0.765. The van der Waals surface area contributed by atoms with Crippen molar-refractivity contribution >= 4 is 44.5 Å². The maximum absolute atomic E-state index is 13.0. The van der Waals surface area contributed by atoms with Gasteiger partial charge in [-0.3, -0.25) is 14.7 Å². The van der Waals surface area contributed by atoms with E-state index in [1.54, 1.807) is 44.6 Å². The van der Waals surface area contributed by atoms with Crippen molar-refractivity contribution in [3.8, 4) is 22.6 Å². The summed E-state index contributed by atoms with van der Waals surface area (Å²) in [5, 5.41) is 10.8. The van der Waals surface area contributed by atoms with E-state index in [9.17, 15) is 9.59 Å². The van der Waals surface area contributed by atoms with Crippen molar-refractivity contribution in [3.05, 3.63) is 71.8 Å². The Labute approximate surface area is 198 Å². The third-order valence-corrected chi connectivity index (χ3v) is 6.15. The number of benzene rings is 3. The largest absolute Gasteiger partial charge is 0.497 e. The number of nitrogens with two attached hydrogens (primary N) is 1. The Morgan fingerprint density at radius 3 is 2.36 bits per heavy atom. The van der Waals surface area contributed by atoms with Gasteiger partial charge in [-0.25, -0.2) is 0 Å². The predicted octanol–water partition coefficient (Wildman–Crippen LogP) is 4.42. The number of carbonyl (C=O) groups is 2. The summed E-state index contributed by atoms with van der Waals surface area (Å²) in [7, 11) is 3.20. The molecule has 168 valence electrons. The molecule has 0 aliphatic rings. The SMILES string of the molecule is COc1cc(OC)cc(-c2ccc3c(NC(=O)c4ccccc4C(Br)C(N)=O)n[nH]c3c2)c1. The van der Waals surface area contributed by atoms with Crippen LogP contribution < -0.4 is 20.5 Å². The lowest BCUT2D eigenvalue weighted by Crippen LogP contribution is -2.21. The molecule has 0 aliphatic heterocycles. The zero-order valence-corrected chi connectivity index (χ0v) is 19.5. The Morgan fingerprint density at radius 1 is 1.00 bits per heavy atom. The Morgan fingerprint density at radius 2 is 1.70 bits per heavy atom. The van der Waals surface area contributed by atoms with Gasteiger partial charge in [0.2, 0.25) is 5.91 Å². The molecule has 9 heteroatoms. The first kappa shape index (κ1) is 22.3. The molecule has 0 bridgehead atoms. The van der Waals surface area contributed by atoms with Crippen LogP contribution in [0, 0.1) is 0 Å². The predicted molar refractivity (Wildman–Crippen MR) is 130 cm³/mol. The Hall–Kier alpha value is -3.85. The molecule has 0 radical (unpaired) electrons. The fraction of sp³-hybridized carbons (Fsp3) is 0.125. The highest BCUT2D eigenvalue weighted by Gasteiger charge is 2.22. The topological polar surface area (TPSA) is 119 Å². The van der Waals surface area contributed by atoms with Crippen LogP contribution in [0.2, 0.25) is 0 Å². The Bertz CT molecular complexity index is 1330. The average molecular weight is 509 g/mol. The molecule has 4 aromatic rings. The maximum Gasteiger partial charge on any atom is 0.257 e. The van der Waals surface area contributed by atoms with Crippen LogP contribution in [0.4, 0.5) is 5.82 Å². The van der Waals surface area contributed by atoms with Crippen LogP contribution >= 0.6 is 15.9 Å². The van der Waals surface area contributed by atoms with E-state index >= 15 is 0 Å². The number of hydrogen-bond acceptors (Lipinski definition) is 5. The second-order valence-corrected chi connectivity index (χ2v) is 8.16. The summed E-state index contributed by atoms with van der Waals surface area (Å²) >= 11 is 3.24. The Balaban J connectivity index is 1.65. The second kappa shape index (κ2) is 9.33. The van der Waals surface area contributed by atoms with Gasteiger partial charge in [0, 0.05) is 17.0 Å². The second-order valence-electron chi connectivity index (χ2n) is 7.24. The van der Waals surface area contributed by atoms with Crippen molar-refractivity contribution in [1.82, 2.24) is 10.2 Å². The normalized spacial score (nSPS) is 11.7. The molecule has 1 atom stereocenters. The lowest BCUT2D eigenvalue weighted by molar-refractivity contribution is -0.117. The first-order valence-corrected chi connectivity index (χ1v) is 10.9. The minimum Gasteiger partial charge on any atom is -0.497 e. The van der Waals surface area contributed by atoms with E-state index in [-0.39, 0.29) is 0 Å². The number of aromatic amines is 1. The van der Waals surface area contributed by atoms with Gasteiger partial charge in [-0.1, -0.05) is 40.2 Å². The zero-order chi connectivity index (χ0) is 23.5. The molecule has 1 heterocycles. The summed E-state index contributed by atoms with van der Waals surface area (Å²) in [6.07, 6.45) is 0. The number of fused-ring (bicyclic) bond motifs is 1. The molecule has 2 amide bonds. The highest BCUT2D eigenvalue weighted by molar-refractivity contribution is 9.09. The van der Waals surface area contributed by atoms with E-state index in [2.05, 4.69) is 31.4 Å². The third-order valence-electron chi connectivity index (χ3n) is 5.21. The average Bonchev–Trinajstić information content (AvgIpc) is 3.24. The molecule has 0 saturated heterocycles. The molecule has 0 saturated carbocycles. The Kier molecular flexibility index (Phi) is 6.32. The van der Waals surface area contributed by atoms with Gasteiger partial charge >= 0.3 is 0 Å². The van der Waals surface area contributed by atoms with Gasteiger partial charge in [-0.15, -0.1) is 0 Å². The number of carbonyl (C=O) groups excluding carboxylic acids is 2. The summed E-state index contributed by atoms with van der Waals surface area (Å²) in [6.45, 7) is 0. The number of aromatic nitrogens is 2. The quantitative estimate of drug-likeness (QED) is 0.319. The lowest BCUT2D eigenvalue weighted by atomic mass is 10.0. The van der Waals surface area contributed by atoms with Crippen LogP contribution in [-0.4, -0.2) is 36.2 Å². The molecule has 0 spiro atoms. The van der Waals surface area contributed by atoms with Crippen LogP contribution in [0.3, 0.4) is 0 Å². The number of anilines is 1. The summed E-state index contributed by atoms with van der Waals surface area (Å²) in [4.78, 5) is 23.8. The highest BCUT2D eigenvalue weighted by Crippen LogP contribution is 2.33. The molecule has 0 aliphatic carbocycles. The van der Waals surface area contributed by atoms with Gasteiger partial charge in [0.15, 0.2) is 5.82 Å². The molecular formula is C24H21BrN4O4. The molecule has 8 nitrogen and oxygen atoms in total.